The zero-order valence-corrected chi connectivity index (χ0v) is 10.8. The van der Waals surface area contributed by atoms with Crippen molar-refractivity contribution >= 4 is 27.5 Å². The topological polar surface area (TPSA) is 50.9 Å². The number of halogens is 2. The summed E-state index contributed by atoms with van der Waals surface area (Å²) in [5.74, 6) is 0. The molecule has 0 saturated carbocycles. The Balaban J connectivity index is 2.38. The van der Waals surface area contributed by atoms with Crippen molar-refractivity contribution in [3.63, 3.8) is 0 Å². The van der Waals surface area contributed by atoms with Crippen LogP contribution in [0.1, 0.15) is 17.4 Å². The van der Waals surface area contributed by atoms with Gasteiger partial charge in [0.05, 0.1) is 16.9 Å². The van der Waals surface area contributed by atoms with E-state index in [1.807, 2.05) is 0 Å². The van der Waals surface area contributed by atoms with E-state index < -0.39 is 6.10 Å². The van der Waals surface area contributed by atoms with E-state index in [-0.39, 0.29) is 0 Å². The van der Waals surface area contributed by atoms with Crippen LogP contribution in [0.25, 0.3) is 0 Å². The molecule has 1 unspecified atom stereocenters. The van der Waals surface area contributed by atoms with Crippen molar-refractivity contribution in [3.8, 4) is 0 Å². The van der Waals surface area contributed by atoms with Crippen molar-refractivity contribution in [2.45, 2.75) is 6.10 Å². The molecule has 0 radical (unpaired) electrons. The van der Waals surface area contributed by atoms with Crippen molar-refractivity contribution in [2.75, 3.05) is 0 Å². The molecule has 1 atom stereocenters. The lowest BCUT2D eigenvalue weighted by Gasteiger charge is -2.11. The molecule has 0 amide bonds. The van der Waals surface area contributed by atoms with E-state index in [4.69, 9.17) is 11.6 Å². The Labute approximate surface area is 106 Å². The van der Waals surface area contributed by atoms with Gasteiger partial charge in [0, 0.05) is 11.5 Å². The number of aromatic nitrogens is 3. The van der Waals surface area contributed by atoms with Crippen LogP contribution in [0.3, 0.4) is 0 Å². The average Bonchev–Trinajstić information content (AvgIpc) is 2.67. The smallest absolute Gasteiger partial charge is 0.122 e. The maximum atomic E-state index is 10.1. The largest absolute Gasteiger partial charge is 0.382 e. The highest BCUT2D eigenvalue weighted by molar-refractivity contribution is 9.10. The van der Waals surface area contributed by atoms with Gasteiger partial charge in [-0.2, -0.15) is 0 Å². The quantitative estimate of drug-likeness (QED) is 0.926. The van der Waals surface area contributed by atoms with E-state index in [9.17, 15) is 5.11 Å². The molecule has 1 heterocycles. The highest BCUT2D eigenvalue weighted by Gasteiger charge is 2.15. The van der Waals surface area contributed by atoms with Gasteiger partial charge in [-0.3, -0.25) is 0 Å². The molecule has 16 heavy (non-hydrogen) atoms. The fourth-order valence-electron chi connectivity index (χ4n) is 1.40. The molecule has 0 spiro atoms. The van der Waals surface area contributed by atoms with Gasteiger partial charge in [-0.15, -0.1) is 5.10 Å². The molecule has 0 fully saturated rings. The number of hydrogen-bond acceptors (Lipinski definition) is 3. The number of hydrogen-bond donors (Lipinski definition) is 1. The summed E-state index contributed by atoms with van der Waals surface area (Å²) in [6.07, 6.45) is 0.756. The van der Waals surface area contributed by atoms with E-state index in [2.05, 4.69) is 26.2 Å². The number of benzene rings is 1. The minimum atomic E-state index is -0.773. The van der Waals surface area contributed by atoms with Crippen LogP contribution in [0.4, 0.5) is 0 Å². The molecule has 0 aliphatic carbocycles. The third kappa shape index (κ3) is 2.11. The fourth-order valence-corrected chi connectivity index (χ4v) is 1.83. The molecule has 2 aromatic rings. The molecule has 0 aliphatic heterocycles. The van der Waals surface area contributed by atoms with Crippen LogP contribution in [0.5, 0.6) is 0 Å². The number of aliphatic hydroxyl groups is 1. The first-order valence-corrected chi connectivity index (χ1v) is 5.74. The lowest BCUT2D eigenvalue weighted by Crippen LogP contribution is -2.06. The third-order valence-electron chi connectivity index (χ3n) is 2.29. The Morgan fingerprint density at radius 3 is 2.81 bits per heavy atom. The molecule has 84 valence electrons. The Bertz CT molecular complexity index is 515. The van der Waals surface area contributed by atoms with E-state index in [0.717, 1.165) is 4.47 Å². The highest BCUT2D eigenvalue weighted by atomic mass is 79.9. The second kappa shape index (κ2) is 4.53. The van der Waals surface area contributed by atoms with Gasteiger partial charge in [0.15, 0.2) is 0 Å². The summed E-state index contributed by atoms with van der Waals surface area (Å²) in [7, 11) is 1.73. The average molecular weight is 303 g/mol. The maximum Gasteiger partial charge on any atom is 0.122 e. The van der Waals surface area contributed by atoms with Crippen LogP contribution in [0.15, 0.2) is 28.9 Å². The minimum Gasteiger partial charge on any atom is -0.382 e. The Hall–Kier alpha value is -0.910. The standard InChI is InChI=1S/C10H9BrClN3O/c1-15-9(5-13-14-15)10(16)6-2-3-7(11)8(12)4-6/h2-5,10,16H,1H3. The Morgan fingerprint density at radius 1 is 1.50 bits per heavy atom. The van der Waals surface area contributed by atoms with Crippen LogP contribution in [-0.2, 0) is 7.05 Å². The summed E-state index contributed by atoms with van der Waals surface area (Å²) >= 11 is 9.26. The predicted molar refractivity (Wildman–Crippen MR) is 64.2 cm³/mol. The SMILES string of the molecule is Cn1nncc1C(O)c1ccc(Br)c(Cl)c1. The summed E-state index contributed by atoms with van der Waals surface area (Å²) in [6.45, 7) is 0. The van der Waals surface area contributed by atoms with Crippen LogP contribution >= 0.6 is 27.5 Å². The van der Waals surface area contributed by atoms with Gasteiger partial charge in [0.2, 0.25) is 0 Å². The first-order chi connectivity index (χ1) is 7.59. The lowest BCUT2D eigenvalue weighted by atomic mass is 10.1. The normalized spacial score (nSPS) is 12.8. The molecule has 2 rings (SSSR count). The monoisotopic (exact) mass is 301 g/mol. The Morgan fingerprint density at radius 2 is 2.25 bits per heavy atom. The zero-order chi connectivity index (χ0) is 11.7. The molecule has 1 aromatic heterocycles. The lowest BCUT2D eigenvalue weighted by molar-refractivity contribution is 0.210. The summed E-state index contributed by atoms with van der Waals surface area (Å²) in [5, 5.41) is 18.2. The van der Waals surface area contributed by atoms with Gasteiger partial charge in [-0.05, 0) is 33.6 Å². The number of aliphatic hydroxyl groups excluding tert-OH is 1. The summed E-state index contributed by atoms with van der Waals surface area (Å²) < 4.78 is 2.33. The summed E-state index contributed by atoms with van der Waals surface area (Å²) in [5.41, 5.74) is 1.33. The first kappa shape index (κ1) is 11.6. The molecular formula is C10H9BrClN3O. The van der Waals surface area contributed by atoms with Crippen molar-refractivity contribution in [3.05, 3.63) is 45.1 Å². The van der Waals surface area contributed by atoms with Crippen molar-refractivity contribution < 1.29 is 5.11 Å². The Kier molecular flexibility index (Phi) is 3.28. The van der Waals surface area contributed by atoms with Crippen LogP contribution in [0.2, 0.25) is 5.02 Å². The molecular weight excluding hydrogens is 293 g/mol. The molecule has 1 aromatic carbocycles. The second-order valence-electron chi connectivity index (χ2n) is 3.36. The van der Waals surface area contributed by atoms with Crippen molar-refractivity contribution in [1.29, 1.82) is 0 Å². The molecule has 0 aliphatic rings. The van der Waals surface area contributed by atoms with Crippen LogP contribution < -0.4 is 0 Å². The third-order valence-corrected chi connectivity index (χ3v) is 3.52. The van der Waals surface area contributed by atoms with Gasteiger partial charge in [-0.1, -0.05) is 22.9 Å². The van der Waals surface area contributed by atoms with E-state index in [1.54, 1.807) is 25.2 Å². The van der Waals surface area contributed by atoms with E-state index in [1.165, 1.54) is 10.9 Å². The number of rotatable bonds is 2. The van der Waals surface area contributed by atoms with Gasteiger partial charge in [0.25, 0.3) is 0 Å². The minimum absolute atomic E-state index is 0.562. The van der Waals surface area contributed by atoms with Crippen molar-refractivity contribution in [2.24, 2.45) is 7.05 Å². The van der Waals surface area contributed by atoms with Gasteiger partial charge in [0.1, 0.15) is 6.10 Å². The zero-order valence-electron chi connectivity index (χ0n) is 8.43. The molecule has 1 N–H and O–H groups in total. The van der Waals surface area contributed by atoms with Crippen LogP contribution in [0, 0.1) is 0 Å². The highest BCUT2D eigenvalue weighted by Crippen LogP contribution is 2.28. The number of nitrogens with zero attached hydrogens (tertiary/aromatic N) is 3. The second-order valence-corrected chi connectivity index (χ2v) is 4.62. The van der Waals surface area contributed by atoms with E-state index in [0.29, 0.717) is 16.3 Å². The molecule has 4 nitrogen and oxygen atoms in total. The fraction of sp³-hybridized carbons (Fsp3) is 0.200. The molecule has 6 heteroatoms. The van der Waals surface area contributed by atoms with E-state index >= 15 is 0 Å². The maximum absolute atomic E-state index is 10.1. The summed E-state index contributed by atoms with van der Waals surface area (Å²) in [6, 6.07) is 5.31. The van der Waals surface area contributed by atoms with Crippen LogP contribution in [-0.4, -0.2) is 20.1 Å². The van der Waals surface area contributed by atoms with Gasteiger partial charge in [-0.25, -0.2) is 4.68 Å². The molecule has 0 bridgehead atoms. The summed E-state index contributed by atoms with van der Waals surface area (Å²) in [4.78, 5) is 0. The molecule has 0 saturated heterocycles. The first-order valence-electron chi connectivity index (χ1n) is 4.57. The van der Waals surface area contributed by atoms with Gasteiger partial charge >= 0.3 is 0 Å². The van der Waals surface area contributed by atoms with Gasteiger partial charge < -0.3 is 5.11 Å². The predicted octanol–water partition coefficient (Wildman–Crippen LogP) is 2.31. The number of aryl methyl sites for hydroxylation is 1. The van der Waals surface area contributed by atoms with Crippen molar-refractivity contribution in [1.82, 2.24) is 15.0 Å².